The lowest BCUT2D eigenvalue weighted by molar-refractivity contribution is -0.131. The van der Waals surface area contributed by atoms with Crippen LogP contribution in [0.4, 0.5) is 0 Å². The lowest BCUT2D eigenvalue weighted by Crippen LogP contribution is -2.07. The van der Waals surface area contributed by atoms with Gasteiger partial charge in [0.2, 0.25) is 0 Å². The number of tetrazole rings is 1. The van der Waals surface area contributed by atoms with E-state index in [0.29, 0.717) is 18.2 Å². The van der Waals surface area contributed by atoms with E-state index in [1.165, 1.54) is 0 Å². The van der Waals surface area contributed by atoms with E-state index in [-0.39, 0.29) is 0 Å². The summed E-state index contributed by atoms with van der Waals surface area (Å²) in [6, 6.07) is 20.1. The third-order valence-electron chi connectivity index (χ3n) is 5.91. The number of hydrogen-bond acceptors (Lipinski definition) is 5. The predicted octanol–water partition coefficient (Wildman–Crippen LogP) is 4.62. The molecule has 180 valence electrons. The van der Waals surface area contributed by atoms with Gasteiger partial charge in [0.15, 0.2) is 11.6 Å². The number of aromatic nitrogens is 7. The number of rotatable bonds is 9. The summed E-state index contributed by atoms with van der Waals surface area (Å²) in [5.41, 5.74) is 4.83. The smallest absolute Gasteiger partial charge is 0.328 e. The van der Waals surface area contributed by atoms with Crippen molar-refractivity contribution in [1.29, 1.82) is 0 Å². The Kier molecular flexibility index (Phi) is 6.53. The second-order valence-corrected chi connectivity index (χ2v) is 8.33. The monoisotopic (exact) mass is 479 g/mol. The molecule has 2 N–H and O–H groups in total. The highest BCUT2D eigenvalue weighted by Crippen LogP contribution is 2.30. The first-order valence-electron chi connectivity index (χ1n) is 11.7. The van der Waals surface area contributed by atoms with Crippen molar-refractivity contribution in [3.05, 3.63) is 96.2 Å². The van der Waals surface area contributed by atoms with Crippen LogP contribution in [0.1, 0.15) is 30.4 Å². The Balaban J connectivity index is 1.51. The zero-order valence-corrected chi connectivity index (χ0v) is 19.7. The first-order chi connectivity index (χ1) is 17.6. The van der Waals surface area contributed by atoms with Crippen LogP contribution in [-0.4, -0.2) is 45.8 Å². The summed E-state index contributed by atoms with van der Waals surface area (Å²) in [5, 5.41) is 23.6. The van der Waals surface area contributed by atoms with Crippen molar-refractivity contribution in [1.82, 2.24) is 34.7 Å². The molecule has 2 aromatic carbocycles. The van der Waals surface area contributed by atoms with E-state index in [1.54, 1.807) is 6.08 Å². The molecular weight excluding hydrogens is 454 g/mol. The minimum Gasteiger partial charge on any atom is -0.478 e. The molecule has 0 radical (unpaired) electrons. The van der Waals surface area contributed by atoms with E-state index in [4.69, 9.17) is 4.98 Å². The molecule has 0 saturated carbocycles. The van der Waals surface area contributed by atoms with Crippen LogP contribution in [0.5, 0.6) is 0 Å². The zero-order valence-electron chi connectivity index (χ0n) is 19.7. The van der Waals surface area contributed by atoms with Gasteiger partial charge in [-0.3, -0.25) is 0 Å². The number of H-pyrrole nitrogens is 1. The van der Waals surface area contributed by atoms with Crippen LogP contribution in [0.25, 0.3) is 34.4 Å². The molecule has 0 atom stereocenters. The molecule has 5 aromatic rings. The minimum atomic E-state index is -0.997. The Morgan fingerprint density at radius 2 is 1.78 bits per heavy atom. The van der Waals surface area contributed by atoms with Crippen molar-refractivity contribution in [2.45, 2.75) is 26.3 Å². The third kappa shape index (κ3) is 4.72. The van der Waals surface area contributed by atoms with Gasteiger partial charge in [-0.2, -0.15) is 0 Å². The molecule has 3 aromatic heterocycles. The lowest BCUT2D eigenvalue weighted by atomic mass is 9.98. The fraction of sp³-hybridized carbons (Fsp3) is 0.148. The molecule has 0 aliphatic heterocycles. The molecule has 0 amide bonds. The standard InChI is InChI=1S/C27H25N7O2/c1-2-7-24-28-27(33-16-5-6-17-33)23(14-15-25(35)36)34(24)18-19-10-12-20(13-11-19)21-8-3-4-9-22(21)26-29-31-32-30-26/h3-6,8-17H,2,7,18H2,1H3,(H,35,36)(H,29,30,31,32). The third-order valence-corrected chi connectivity index (χ3v) is 5.91. The Labute approximate surface area is 207 Å². The van der Waals surface area contributed by atoms with Crippen LogP contribution in [0.3, 0.4) is 0 Å². The number of imidazole rings is 1. The number of benzene rings is 2. The van der Waals surface area contributed by atoms with Crippen molar-refractivity contribution < 1.29 is 9.90 Å². The summed E-state index contributed by atoms with van der Waals surface area (Å²) in [5.74, 6) is 1.25. The topological polar surface area (TPSA) is 115 Å². The summed E-state index contributed by atoms with van der Waals surface area (Å²) < 4.78 is 4.01. The fourth-order valence-corrected chi connectivity index (χ4v) is 4.26. The number of aromatic amines is 1. The van der Waals surface area contributed by atoms with Gasteiger partial charge in [-0.15, -0.1) is 5.10 Å². The number of carboxylic acid groups (broad SMARTS) is 1. The molecule has 3 heterocycles. The van der Waals surface area contributed by atoms with Gasteiger partial charge in [-0.1, -0.05) is 55.5 Å². The van der Waals surface area contributed by atoms with E-state index in [1.807, 2.05) is 53.4 Å². The van der Waals surface area contributed by atoms with E-state index in [9.17, 15) is 9.90 Å². The Morgan fingerprint density at radius 1 is 1.03 bits per heavy atom. The Hall–Kier alpha value is -4.79. The average molecular weight is 480 g/mol. The van der Waals surface area contributed by atoms with Gasteiger partial charge in [0.05, 0.1) is 5.69 Å². The molecule has 0 saturated heterocycles. The summed E-state index contributed by atoms with van der Waals surface area (Å²) in [4.78, 5) is 16.2. The van der Waals surface area contributed by atoms with Crippen molar-refractivity contribution in [2.75, 3.05) is 0 Å². The molecule has 0 spiro atoms. The molecular formula is C27H25N7O2. The molecule has 0 fully saturated rings. The van der Waals surface area contributed by atoms with Gasteiger partial charge in [0.25, 0.3) is 0 Å². The minimum absolute atomic E-state index is 0.566. The van der Waals surface area contributed by atoms with E-state index >= 15 is 0 Å². The molecule has 9 heteroatoms. The average Bonchev–Trinajstić information content (AvgIpc) is 3.66. The number of hydrogen-bond donors (Lipinski definition) is 2. The van der Waals surface area contributed by atoms with Crippen molar-refractivity contribution >= 4 is 12.0 Å². The van der Waals surface area contributed by atoms with Gasteiger partial charge in [-0.25, -0.2) is 14.9 Å². The number of carbonyl (C=O) groups is 1. The number of nitrogens with one attached hydrogen (secondary N) is 1. The largest absolute Gasteiger partial charge is 0.478 e. The molecule has 0 bridgehead atoms. The maximum Gasteiger partial charge on any atom is 0.328 e. The van der Waals surface area contributed by atoms with E-state index < -0.39 is 5.97 Å². The second-order valence-electron chi connectivity index (χ2n) is 8.33. The zero-order chi connectivity index (χ0) is 24.9. The molecule has 36 heavy (non-hydrogen) atoms. The summed E-state index contributed by atoms with van der Waals surface area (Å²) in [7, 11) is 0. The second kappa shape index (κ2) is 10.2. The highest BCUT2D eigenvalue weighted by Gasteiger charge is 2.17. The SMILES string of the molecule is CCCc1nc(-n2cccc2)c(C=CC(=O)O)n1Cc1ccc(-c2ccccc2-c2nnn[nH]2)cc1. The quantitative estimate of drug-likeness (QED) is 0.298. The van der Waals surface area contributed by atoms with Crippen LogP contribution in [0.2, 0.25) is 0 Å². The number of aliphatic carboxylic acids is 1. The molecule has 0 aliphatic rings. The summed E-state index contributed by atoms with van der Waals surface area (Å²) in [6.07, 6.45) is 8.32. The molecule has 9 nitrogen and oxygen atoms in total. The number of aryl methyl sites for hydroxylation is 1. The molecule has 0 unspecified atom stereocenters. The fourth-order valence-electron chi connectivity index (χ4n) is 4.26. The lowest BCUT2D eigenvalue weighted by Gasteiger charge is -2.12. The first kappa shape index (κ1) is 23.0. The van der Waals surface area contributed by atoms with Crippen LogP contribution >= 0.6 is 0 Å². The highest BCUT2D eigenvalue weighted by molar-refractivity contribution is 5.85. The van der Waals surface area contributed by atoms with E-state index in [2.05, 4.69) is 56.4 Å². The van der Waals surface area contributed by atoms with Gasteiger partial charge in [0, 0.05) is 37.0 Å². The van der Waals surface area contributed by atoms with Gasteiger partial charge >= 0.3 is 5.97 Å². The summed E-state index contributed by atoms with van der Waals surface area (Å²) >= 11 is 0. The van der Waals surface area contributed by atoms with E-state index in [0.717, 1.165) is 52.7 Å². The van der Waals surface area contributed by atoms with Crippen molar-refractivity contribution in [3.8, 4) is 28.3 Å². The normalized spacial score (nSPS) is 11.4. The van der Waals surface area contributed by atoms with Gasteiger partial charge < -0.3 is 14.2 Å². The predicted molar refractivity (Wildman–Crippen MR) is 136 cm³/mol. The van der Waals surface area contributed by atoms with Crippen LogP contribution in [0, 0.1) is 0 Å². The van der Waals surface area contributed by atoms with Crippen LogP contribution in [0.15, 0.2) is 79.1 Å². The van der Waals surface area contributed by atoms with Gasteiger partial charge in [-0.05, 0) is 51.7 Å². The van der Waals surface area contributed by atoms with Gasteiger partial charge in [0.1, 0.15) is 5.82 Å². The maximum atomic E-state index is 11.3. The first-order valence-corrected chi connectivity index (χ1v) is 11.7. The number of nitrogens with zero attached hydrogens (tertiary/aromatic N) is 6. The molecule has 0 aliphatic carbocycles. The van der Waals surface area contributed by atoms with Crippen molar-refractivity contribution in [2.24, 2.45) is 0 Å². The van der Waals surface area contributed by atoms with Crippen LogP contribution in [-0.2, 0) is 17.8 Å². The maximum absolute atomic E-state index is 11.3. The molecule has 5 rings (SSSR count). The Bertz CT molecular complexity index is 1480. The Morgan fingerprint density at radius 3 is 2.44 bits per heavy atom. The highest BCUT2D eigenvalue weighted by atomic mass is 16.4. The van der Waals surface area contributed by atoms with Crippen LogP contribution < -0.4 is 0 Å². The van der Waals surface area contributed by atoms with Crippen molar-refractivity contribution in [3.63, 3.8) is 0 Å². The summed E-state index contributed by atoms with van der Waals surface area (Å²) in [6.45, 7) is 2.67. The number of carboxylic acids is 1.